The molecule has 0 saturated carbocycles. The lowest BCUT2D eigenvalue weighted by Gasteiger charge is -2.14. The first-order chi connectivity index (χ1) is 9.60. The van der Waals surface area contributed by atoms with Gasteiger partial charge in [0, 0.05) is 22.0 Å². The van der Waals surface area contributed by atoms with E-state index in [0.717, 1.165) is 23.5 Å². The Balaban J connectivity index is 2.26. The molecule has 0 aromatic heterocycles. The zero-order chi connectivity index (χ0) is 14.5. The topological polar surface area (TPSA) is 29.3 Å². The predicted octanol–water partition coefficient (Wildman–Crippen LogP) is 4.04. The minimum atomic E-state index is 0.869. The van der Waals surface area contributed by atoms with Crippen LogP contribution in [0.4, 0.5) is 5.69 Å². The van der Waals surface area contributed by atoms with E-state index in [2.05, 4.69) is 68.4 Å². The average molecular weight is 286 g/mol. The third kappa shape index (κ3) is 3.78. The summed E-state index contributed by atoms with van der Waals surface area (Å²) in [7, 11) is 4.18. The van der Waals surface area contributed by atoms with E-state index in [0.29, 0.717) is 0 Å². The van der Waals surface area contributed by atoms with Crippen LogP contribution >= 0.6 is 11.8 Å². The van der Waals surface area contributed by atoms with E-state index in [1.165, 1.54) is 16.0 Å². The number of rotatable bonds is 5. The van der Waals surface area contributed by atoms with Crippen molar-refractivity contribution < 1.29 is 0 Å². The lowest BCUT2D eigenvalue weighted by Crippen LogP contribution is -2.11. The molecule has 0 spiro atoms. The van der Waals surface area contributed by atoms with Gasteiger partial charge in [0.25, 0.3) is 0 Å². The van der Waals surface area contributed by atoms with E-state index < -0.39 is 0 Å². The first-order valence-corrected chi connectivity index (χ1v) is 7.70. The highest BCUT2D eigenvalue weighted by Gasteiger charge is 2.07. The number of hydrogen-bond acceptors (Lipinski definition) is 3. The van der Waals surface area contributed by atoms with Gasteiger partial charge in [-0.1, -0.05) is 43.0 Å². The van der Waals surface area contributed by atoms with Gasteiger partial charge in [-0.2, -0.15) is 0 Å². The molecule has 2 aromatic carbocycles. The zero-order valence-electron chi connectivity index (χ0n) is 12.4. The van der Waals surface area contributed by atoms with E-state index >= 15 is 0 Å². The lowest BCUT2D eigenvalue weighted by atomic mass is 10.1. The first kappa shape index (κ1) is 14.9. The minimum Gasteiger partial charge on any atom is -0.398 e. The van der Waals surface area contributed by atoms with Crippen LogP contribution in [0.15, 0.2) is 52.3 Å². The van der Waals surface area contributed by atoms with Crippen molar-refractivity contribution in [2.75, 3.05) is 19.8 Å². The third-order valence-corrected chi connectivity index (χ3v) is 4.37. The van der Waals surface area contributed by atoms with Crippen molar-refractivity contribution in [1.82, 2.24) is 4.90 Å². The van der Waals surface area contributed by atoms with Gasteiger partial charge in [-0.15, -0.1) is 0 Å². The third-order valence-electron chi connectivity index (χ3n) is 3.16. The number of nitrogens with two attached hydrogens (primary N) is 1. The zero-order valence-corrected chi connectivity index (χ0v) is 13.2. The molecule has 106 valence electrons. The second-order valence-corrected chi connectivity index (χ2v) is 6.26. The average Bonchev–Trinajstić information content (AvgIpc) is 2.42. The highest BCUT2D eigenvalue weighted by atomic mass is 32.2. The molecule has 0 aliphatic carbocycles. The SMILES string of the molecule is CCc1ccc(Sc2ccccc2CN(C)C)c(N)c1. The van der Waals surface area contributed by atoms with Crippen molar-refractivity contribution >= 4 is 17.4 Å². The Morgan fingerprint density at radius 3 is 2.45 bits per heavy atom. The maximum atomic E-state index is 6.16. The van der Waals surface area contributed by atoms with Crippen LogP contribution in [0.1, 0.15) is 18.1 Å². The molecule has 0 aliphatic rings. The summed E-state index contributed by atoms with van der Waals surface area (Å²) >= 11 is 1.75. The smallest absolute Gasteiger partial charge is 0.0458 e. The molecule has 0 radical (unpaired) electrons. The number of hydrogen-bond donors (Lipinski definition) is 1. The van der Waals surface area contributed by atoms with Gasteiger partial charge >= 0.3 is 0 Å². The number of nitrogen functional groups attached to an aromatic ring is 1. The normalized spacial score (nSPS) is 11.0. The van der Waals surface area contributed by atoms with Crippen molar-refractivity contribution in [3.05, 3.63) is 53.6 Å². The number of benzene rings is 2. The first-order valence-electron chi connectivity index (χ1n) is 6.89. The molecule has 0 aliphatic heterocycles. The fraction of sp³-hybridized carbons (Fsp3) is 0.294. The Morgan fingerprint density at radius 1 is 1.05 bits per heavy atom. The molecule has 0 amide bonds. The van der Waals surface area contributed by atoms with Gasteiger partial charge in [-0.3, -0.25) is 0 Å². The maximum absolute atomic E-state index is 6.16. The fourth-order valence-electron chi connectivity index (χ4n) is 2.10. The Labute approximate surface area is 126 Å². The predicted molar refractivity (Wildman–Crippen MR) is 88.2 cm³/mol. The standard InChI is InChI=1S/C17H22N2S/c1-4-13-9-10-17(15(18)11-13)20-16-8-6-5-7-14(16)12-19(2)3/h5-11H,4,12,18H2,1-3H3. The van der Waals surface area contributed by atoms with Gasteiger partial charge in [0.15, 0.2) is 0 Å². The minimum absolute atomic E-state index is 0.869. The molecular formula is C17H22N2S. The molecular weight excluding hydrogens is 264 g/mol. The number of anilines is 1. The van der Waals surface area contributed by atoms with Crippen molar-refractivity contribution in [3.8, 4) is 0 Å². The van der Waals surface area contributed by atoms with Crippen molar-refractivity contribution in [3.63, 3.8) is 0 Å². The molecule has 2 aromatic rings. The molecule has 0 saturated heterocycles. The van der Waals surface area contributed by atoms with E-state index in [9.17, 15) is 0 Å². The van der Waals surface area contributed by atoms with Crippen LogP contribution in [0.25, 0.3) is 0 Å². The van der Waals surface area contributed by atoms with Crippen LogP contribution in [-0.2, 0) is 13.0 Å². The Morgan fingerprint density at radius 2 is 1.80 bits per heavy atom. The van der Waals surface area contributed by atoms with E-state index in [4.69, 9.17) is 5.73 Å². The Bertz CT molecular complexity index is 579. The van der Waals surface area contributed by atoms with Gasteiger partial charge in [0.05, 0.1) is 0 Å². The van der Waals surface area contributed by atoms with Crippen LogP contribution < -0.4 is 5.73 Å². The van der Waals surface area contributed by atoms with E-state index in [-0.39, 0.29) is 0 Å². The van der Waals surface area contributed by atoms with Gasteiger partial charge in [0.1, 0.15) is 0 Å². The molecule has 0 heterocycles. The quantitative estimate of drug-likeness (QED) is 0.841. The Kier molecular flexibility index (Phi) is 5.10. The summed E-state index contributed by atoms with van der Waals surface area (Å²) in [5.74, 6) is 0. The summed E-state index contributed by atoms with van der Waals surface area (Å²) < 4.78 is 0. The summed E-state index contributed by atoms with van der Waals surface area (Å²) in [6.07, 6.45) is 1.02. The van der Waals surface area contributed by atoms with Gasteiger partial charge in [-0.25, -0.2) is 0 Å². The lowest BCUT2D eigenvalue weighted by molar-refractivity contribution is 0.399. The molecule has 2 nitrogen and oxygen atoms in total. The summed E-state index contributed by atoms with van der Waals surface area (Å²) in [6, 6.07) is 14.9. The van der Waals surface area contributed by atoms with Crippen LogP contribution in [0.5, 0.6) is 0 Å². The highest BCUT2D eigenvalue weighted by Crippen LogP contribution is 2.34. The molecule has 0 bridgehead atoms. The summed E-state index contributed by atoms with van der Waals surface area (Å²) in [5, 5.41) is 0. The molecule has 20 heavy (non-hydrogen) atoms. The van der Waals surface area contributed by atoms with E-state index in [1.54, 1.807) is 11.8 Å². The second kappa shape index (κ2) is 6.82. The number of aryl methyl sites for hydroxylation is 1. The molecule has 3 heteroatoms. The molecule has 0 atom stereocenters. The fourth-order valence-corrected chi connectivity index (χ4v) is 3.06. The van der Waals surface area contributed by atoms with Crippen LogP contribution in [-0.4, -0.2) is 19.0 Å². The van der Waals surface area contributed by atoms with Crippen LogP contribution in [0.2, 0.25) is 0 Å². The van der Waals surface area contributed by atoms with Crippen molar-refractivity contribution in [2.45, 2.75) is 29.7 Å². The highest BCUT2D eigenvalue weighted by molar-refractivity contribution is 7.99. The van der Waals surface area contributed by atoms with Crippen LogP contribution in [0, 0.1) is 0 Å². The maximum Gasteiger partial charge on any atom is 0.0458 e. The summed E-state index contributed by atoms with van der Waals surface area (Å²) in [4.78, 5) is 4.59. The monoisotopic (exact) mass is 286 g/mol. The molecule has 2 rings (SSSR count). The largest absolute Gasteiger partial charge is 0.398 e. The number of nitrogens with zero attached hydrogens (tertiary/aromatic N) is 1. The van der Waals surface area contributed by atoms with Crippen molar-refractivity contribution in [2.24, 2.45) is 0 Å². The summed E-state index contributed by atoms with van der Waals surface area (Å²) in [5.41, 5.74) is 9.65. The van der Waals surface area contributed by atoms with Crippen molar-refractivity contribution in [1.29, 1.82) is 0 Å². The van der Waals surface area contributed by atoms with Crippen LogP contribution in [0.3, 0.4) is 0 Å². The molecule has 2 N–H and O–H groups in total. The molecule has 0 fully saturated rings. The van der Waals surface area contributed by atoms with E-state index in [1.807, 2.05) is 0 Å². The van der Waals surface area contributed by atoms with Gasteiger partial charge in [-0.05, 0) is 49.8 Å². The summed E-state index contributed by atoms with van der Waals surface area (Å²) in [6.45, 7) is 3.09. The Hall–Kier alpha value is -1.45. The molecule has 0 unspecified atom stereocenters. The second-order valence-electron chi connectivity index (χ2n) is 5.17. The van der Waals surface area contributed by atoms with Gasteiger partial charge in [0.2, 0.25) is 0 Å². The van der Waals surface area contributed by atoms with Gasteiger partial charge < -0.3 is 10.6 Å².